The lowest BCUT2D eigenvalue weighted by atomic mass is 9.78. The zero-order valence-corrected chi connectivity index (χ0v) is 12.2. The van der Waals surface area contributed by atoms with Gasteiger partial charge in [-0.15, -0.1) is 11.6 Å². The van der Waals surface area contributed by atoms with Crippen molar-refractivity contribution in [1.82, 2.24) is 9.55 Å². The molecule has 0 spiro atoms. The fourth-order valence-corrected chi connectivity index (χ4v) is 3.22. The number of ether oxygens (including phenoxy) is 1. The Bertz CT molecular complexity index is 601. The van der Waals surface area contributed by atoms with Crippen LogP contribution >= 0.6 is 11.6 Å². The molecule has 0 saturated heterocycles. The van der Waals surface area contributed by atoms with Gasteiger partial charge in [-0.05, 0) is 38.3 Å². The Morgan fingerprint density at radius 3 is 2.79 bits per heavy atom. The van der Waals surface area contributed by atoms with Crippen LogP contribution in [0.3, 0.4) is 0 Å². The van der Waals surface area contributed by atoms with Crippen LogP contribution in [0.25, 0.3) is 11.0 Å². The first-order valence-corrected chi connectivity index (χ1v) is 7.34. The second-order valence-electron chi connectivity index (χ2n) is 5.48. The highest BCUT2D eigenvalue weighted by atomic mass is 35.5. The summed E-state index contributed by atoms with van der Waals surface area (Å²) in [5.74, 6) is 2.52. The highest BCUT2D eigenvalue weighted by molar-refractivity contribution is 6.17. The van der Waals surface area contributed by atoms with Gasteiger partial charge in [0.1, 0.15) is 17.1 Å². The summed E-state index contributed by atoms with van der Waals surface area (Å²) in [6.45, 7) is 2.31. The molecule has 1 aromatic heterocycles. The third-order valence-corrected chi connectivity index (χ3v) is 4.42. The van der Waals surface area contributed by atoms with Gasteiger partial charge in [-0.3, -0.25) is 0 Å². The average molecular weight is 279 g/mol. The van der Waals surface area contributed by atoms with Gasteiger partial charge in [0.2, 0.25) is 0 Å². The van der Waals surface area contributed by atoms with Gasteiger partial charge in [0.15, 0.2) is 0 Å². The lowest BCUT2D eigenvalue weighted by molar-refractivity contribution is 0.170. The van der Waals surface area contributed by atoms with Crippen molar-refractivity contribution >= 4 is 22.6 Å². The van der Waals surface area contributed by atoms with Crippen LogP contribution in [0, 0.1) is 0 Å². The van der Waals surface area contributed by atoms with Gasteiger partial charge in [-0.1, -0.05) is 6.07 Å². The molecule has 2 aromatic rings. The number of hydrogen-bond donors (Lipinski definition) is 0. The van der Waals surface area contributed by atoms with Crippen LogP contribution in [0.2, 0.25) is 0 Å². The number of rotatable bonds is 4. The topological polar surface area (TPSA) is 27.1 Å². The molecule has 0 bridgehead atoms. The molecule has 102 valence electrons. The van der Waals surface area contributed by atoms with Crippen molar-refractivity contribution in [2.24, 2.45) is 0 Å². The predicted octanol–water partition coefficient (Wildman–Crippen LogP) is 3.73. The van der Waals surface area contributed by atoms with Gasteiger partial charge >= 0.3 is 0 Å². The SMILES string of the molecule is COc1cccc2c1nc(CCCl)n2C1(C)CCC1. The molecule has 1 fully saturated rings. The van der Waals surface area contributed by atoms with E-state index in [-0.39, 0.29) is 5.54 Å². The number of aryl methyl sites for hydroxylation is 1. The summed E-state index contributed by atoms with van der Waals surface area (Å²) in [4.78, 5) is 4.77. The van der Waals surface area contributed by atoms with Gasteiger partial charge in [-0.2, -0.15) is 0 Å². The second-order valence-corrected chi connectivity index (χ2v) is 5.86. The van der Waals surface area contributed by atoms with E-state index in [0.717, 1.165) is 23.5 Å². The summed E-state index contributed by atoms with van der Waals surface area (Å²) in [5, 5.41) is 0. The fraction of sp³-hybridized carbons (Fsp3) is 0.533. The molecule has 1 saturated carbocycles. The number of halogens is 1. The van der Waals surface area contributed by atoms with Gasteiger partial charge < -0.3 is 9.30 Å². The van der Waals surface area contributed by atoms with Crippen LogP contribution in [0.5, 0.6) is 5.75 Å². The molecule has 0 unspecified atom stereocenters. The third kappa shape index (κ3) is 1.91. The lowest BCUT2D eigenvalue weighted by Crippen LogP contribution is -2.38. The first-order valence-electron chi connectivity index (χ1n) is 6.80. The summed E-state index contributed by atoms with van der Waals surface area (Å²) < 4.78 is 7.82. The molecule has 3 rings (SSSR count). The predicted molar refractivity (Wildman–Crippen MR) is 78.2 cm³/mol. The maximum Gasteiger partial charge on any atom is 0.146 e. The number of para-hydroxylation sites is 1. The number of hydrogen-bond acceptors (Lipinski definition) is 2. The van der Waals surface area contributed by atoms with Crippen LogP contribution < -0.4 is 4.74 Å². The molecule has 1 aliphatic rings. The molecule has 0 radical (unpaired) electrons. The molecular weight excluding hydrogens is 260 g/mol. The molecule has 4 heteroatoms. The zero-order chi connectivity index (χ0) is 13.5. The third-order valence-electron chi connectivity index (χ3n) is 4.23. The Morgan fingerprint density at radius 2 is 2.21 bits per heavy atom. The molecular formula is C15H19ClN2O. The number of nitrogens with zero attached hydrogens (tertiary/aromatic N) is 2. The van der Waals surface area contributed by atoms with Crippen LogP contribution in [-0.2, 0) is 12.0 Å². The van der Waals surface area contributed by atoms with Crippen molar-refractivity contribution in [2.45, 2.75) is 38.1 Å². The monoisotopic (exact) mass is 278 g/mol. The Labute approximate surface area is 118 Å². The summed E-state index contributed by atoms with van der Waals surface area (Å²) in [7, 11) is 1.69. The largest absolute Gasteiger partial charge is 0.494 e. The normalized spacial score (nSPS) is 17.4. The van der Waals surface area contributed by atoms with Crippen LogP contribution in [0.1, 0.15) is 32.0 Å². The Morgan fingerprint density at radius 1 is 1.42 bits per heavy atom. The van der Waals surface area contributed by atoms with Crippen molar-refractivity contribution in [1.29, 1.82) is 0 Å². The van der Waals surface area contributed by atoms with E-state index in [1.165, 1.54) is 24.8 Å². The molecule has 0 amide bonds. The van der Waals surface area contributed by atoms with Crippen LogP contribution in [0.4, 0.5) is 0 Å². The number of fused-ring (bicyclic) bond motifs is 1. The summed E-state index contributed by atoms with van der Waals surface area (Å²) >= 11 is 5.94. The van der Waals surface area contributed by atoms with Crippen molar-refractivity contribution in [3.8, 4) is 5.75 Å². The average Bonchev–Trinajstić information content (AvgIpc) is 2.74. The molecule has 0 atom stereocenters. The van der Waals surface area contributed by atoms with E-state index in [2.05, 4.69) is 17.6 Å². The lowest BCUT2D eigenvalue weighted by Gasteiger charge is -2.41. The van der Waals surface area contributed by atoms with E-state index in [4.69, 9.17) is 21.3 Å². The minimum absolute atomic E-state index is 0.197. The first-order chi connectivity index (χ1) is 9.19. The fourth-order valence-electron chi connectivity index (χ4n) is 3.05. The van der Waals surface area contributed by atoms with Crippen molar-refractivity contribution < 1.29 is 4.74 Å². The smallest absolute Gasteiger partial charge is 0.146 e. The standard InChI is InChI=1S/C15H19ClN2O/c1-15(8-4-9-15)18-11-5-3-6-12(19-2)14(11)17-13(18)7-10-16/h3,5-6H,4,7-10H2,1-2H3. The summed E-state index contributed by atoms with van der Waals surface area (Å²) in [6.07, 6.45) is 4.52. The molecule has 19 heavy (non-hydrogen) atoms. The minimum Gasteiger partial charge on any atom is -0.494 e. The van der Waals surface area contributed by atoms with E-state index in [0.29, 0.717) is 5.88 Å². The minimum atomic E-state index is 0.197. The highest BCUT2D eigenvalue weighted by Gasteiger charge is 2.36. The van der Waals surface area contributed by atoms with E-state index in [1.54, 1.807) is 7.11 Å². The van der Waals surface area contributed by atoms with E-state index < -0.39 is 0 Å². The maximum atomic E-state index is 5.94. The number of aromatic nitrogens is 2. The second kappa shape index (κ2) is 4.71. The van der Waals surface area contributed by atoms with Crippen LogP contribution in [0.15, 0.2) is 18.2 Å². The molecule has 1 heterocycles. The maximum absolute atomic E-state index is 5.94. The Balaban J connectivity index is 2.24. The Kier molecular flexibility index (Phi) is 3.17. The molecule has 1 aromatic carbocycles. The van der Waals surface area contributed by atoms with Gasteiger partial charge in [0.05, 0.1) is 12.6 Å². The van der Waals surface area contributed by atoms with Gasteiger partial charge in [0, 0.05) is 17.8 Å². The zero-order valence-electron chi connectivity index (χ0n) is 11.4. The van der Waals surface area contributed by atoms with E-state index in [1.807, 2.05) is 12.1 Å². The van der Waals surface area contributed by atoms with E-state index in [9.17, 15) is 0 Å². The van der Waals surface area contributed by atoms with Crippen molar-refractivity contribution in [3.05, 3.63) is 24.0 Å². The molecule has 0 aliphatic heterocycles. The number of alkyl halides is 1. The van der Waals surface area contributed by atoms with Gasteiger partial charge in [0.25, 0.3) is 0 Å². The molecule has 1 aliphatic carbocycles. The highest BCUT2D eigenvalue weighted by Crippen LogP contribution is 2.42. The van der Waals surface area contributed by atoms with Crippen molar-refractivity contribution in [2.75, 3.05) is 13.0 Å². The first kappa shape index (κ1) is 12.8. The van der Waals surface area contributed by atoms with Crippen LogP contribution in [-0.4, -0.2) is 22.5 Å². The van der Waals surface area contributed by atoms with Gasteiger partial charge in [-0.25, -0.2) is 4.98 Å². The molecule has 0 N–H and O–H groups in total. The Hall–Kier alpha value is -1.22. The summed E-state index contributed by atoms with van der Waals surface area (Å²) in [6, 6.07) is 6.13. The number of benzene rings is 1. The summed E-state index contributed by atoms with van der Waals surface area (Å²) in [5.41, 5.74) is 2.32. The number of imidazole rings is 1. The molecule has 3 nitrogen and oxygen atoms in total. The van der Waals surface area contributed by atoms with Crippen molar-refractivity contribution in [3.63, 3.8) is 0 Å². The quantitative estimate of drug-likeness (QED) is 0.797. The number of methoxy groups -OCH3 is 1. The van der Waals surface area contributed by atoms with E-state index >= 15 is 0 Å².